The lowest BCUT2D eigenvalue weighted by atomic mass is 9.99. The number of ether oxygens (including phenoxy) is 6. The van der Waals surface area contributed by atoms with Crippen LogP contribution in [0, 0.1) is 30.6 Å². The molecule has 4 N–H and O–H groups in total. The first-order valence-electron chi connectivity index (χ1n) is 22.1. The van der Waals surface area contributed by atoms with Gasteiger partial charge in [-0.2, -0.15) is 0 Å². The second kappa shape index (κ2) is 25.4. The summed E-state index contributed by atoms with van der Waals surface area (Å²) >= 11 is 0. The molecule has 18 nitrogen and oxygen atoms in total. The Labute approximate surface area is 402 Å². The second-order valence-electron chi connectivity index (χ2n) is 17.8. The minimum Gasteiger partial charge on any atom is -0.467 e. The minimum atomic E-state index is -0.917. The van der Waals surface area contributed by atoms with Gasteiger partial charge in [-0.3, -0.25) is 4.79 Å². The number of rotatable bonds is 14. The number of methoxy groups -OCH3 is 2. The third-order valence-corrected chi connectivity index (χ3v) is 9.96. The van der Waals surface area contributed by atoms with E-state index in [0.29, 0.717) is 23.1 Å². The van der Waals surface area contributed by atoms with Crippen LogP contribution in [0.15, 0.2) is 60.7 Å². The van der Waals surface area contributed by atoms with Gasteiger partial charge in [0, 0.05) is 50.1 Å². The van der Waals surface area contributed by atoms with E-state index in [1.165, 1.54) is 31.3 Å². The lowest BCUT2D eigenvalue weighted by molar-refractivity contribution is -0.150. The zero-order valence-electron chi connectivity index (χ0n) is 40.5. The van der Waals surface area contributed by atoms with Crippen molar-refractivity contribution in [2.45, 2.75) is 111 Å². The van der Waals surface area contributed by atoms with E-state index in [1.54, 1.807) is 54.5 Å². The van der Waals surface area contributed by atoms with Gasteiger partial charge in [0.25, 0.3) is 0 Å². The number of aryl methyl sites for hydroxylation is 1. The largest absolute Gasteiger partial charge is 0.467 e. The highest BCUT2D eigenvalue weighted by Gasteiger charge is 2.41. The number of carbonyl (C=O) groups is 7. The highest BCUT2D eigenvalue weighted by Crippen LogP contribution is 2.22. The van der Waals surface area contributed by atoms with Crippen LogP contribution in [0.25, 0.3) is 0 Å². The third-order valence-electron chi connectivity index (χ3n) is 9.96. The van der Waals surface area contributed by atoms with Crippen LogP contribution in [0.5, 0.6) is 0 Å². The van der Waals surface area contributed by atoms with E-state index >= 15 is 0 Å². The number of esters is 2. The Bertz CT molecular complexity index is 2490. The maximum Gasteiger partial charge on any atom is 0.408 e. The van der Waals surface area contributed by atoms with E-state index in [4.69, 9.17) is 28.4 Å². The highest BCUT2D eigenvalue weighted by atomic mass is 16.6. The van der Waals surface area contributed by atoms with Crippen molar-refractivity contribution >= 4 is 42.2 Å². The number of carbonyl (C=O) groups excluding carboxylic acids is 7. The molecule has 368 valence electrons. The van der Waals surface area contributed by atoms with E-state index in [0.717, 1.165) is 22.3 Å². The fourth-order valence-corrected chi connectivity index (χ4v) is 6.80. The van der Waals surface area contributed by atoms with Crippen molar-refractivity contribution in [3.8, 4) is 23.7 Å². The monoisotopic (exact) mass is 951 g/mol. The normalized spacial score (nSPS) is 14.0. The van der Waals surface area contributed by atoms with Crippen molar-refractivity contribution in [2.75, 3.05) is 34.0 Å². The van der Waals surface area contributed by atoms with Crippen molar-refractivity contribution in [1.29, 1.82) is 0 Å². The second-order valence-corrected chi connectivity index (χ2v) is 17.8. The fourth-order valence-electron chi connectivity index (χ4n) is 6.80. The molecule has 0 saturated carbocycles. The summed E-state index contributed by atoms with van der Waals surface area (Å²) in [5, 5.41) is 10.8. The first-order chi connectivity index (χ1) is 32.6. The standard InChI is InChI=1S/C51H61N5O13/c1-33-38(18-12-22-66-46(60)52-29-36-16-11-17-37(25-36)31-54-48(62)69-51(5,6)7)26-40(44(58)64-8)27-39(33)19-13-23-67-49(63)55-41-28-42(45(59)65-9)56(32-41)43(57)21-20-34-14-10-15-35(24-34)30-53-47(61)68-50(2,3)4/h10-11,14-17,24-27,41-42H,20-23,28-32H2,1-9H3,(H,52,60)(H,53,61)(H,54,62)(H,55,63). The summed E-state index contributed by atoms with van der Waals surface area (Å²) < 4.78 is 31.0. The van der Waals surface area contributed by atoms with Crippen LogP contribution >= 0.6 is 0 Å². The van der Waals surface area contributed by atoms with Gasteiger partial charge in [-0.05, 0) is 94.8 Å². The summed E-state index contributed by atoms with van der Waals surface area (Å²) in [5.74, 6) is 9.79. The van der Waals surface area contributed by atoms with Crippen LogP contribution in [0.1, 0.15) is 104 Å². The Morgan fingerprint density at radius 2 is 1.13 bits per heavy atom. The van der Waals surface area contributed by atoms with E-state index in [-0.39, 0.29) is 63.7 Å². The molecule has 1 aliphatic heterocycles. The SMILES string of the molecule is COC(=O)c1cc(C#CCOC(=O)NCc2cccc(CNC(=O)OC(C)(C)C)c2)c(C)c(C#CCOC(=O)NC2CC(C(=O)OC)N(C(=O)CCc3cccc(CNC(=O)OC(C)(C)C)c3)C2)c1. The molecule has 1 heterocycles. The van der Waals surface area contributed by atoms with Crippen LogP contribution in [0.2, 0.25) is 0 Å². The number of benzene rings is 3. The molecule has 1 saturated heterocycles. The van der Waals surface area contributed by atoms with Gasteiger partial charge in [0.2, 0.25) is 5.91 Å². The number of nitrogens with zero attached hydrogens (tertiary/aromatic N) is 1. The summed E-state index contributed by atoms with van der Waals surface area (Å²) in [6.07, 6.45) is -2.05. The van der Waals surface area contributed by atoms with Crippen molar-refractivity contribution in [3.63, 3.8) is 0 Å². The minimum absolute atomic E-state index is 0.0464. The topological polar surface area (TPSA) is 226 Å². The van der Waals surface area contributed by atoms with Crippen LogP contribution in [0.3, 0.4) is 0 Å². The van der Waals surface area contributed by atoms with Crippen molar-refractivity contribution < 1.29 is 62.0 Å². The summed E-state index contributed by atoms with van der Waals surface area (Å²) in [4.78, 5) is 89.5. The van der Waals surface area contributed by atoms with E-state index in [9.17, 15) is 33.6 Å². The van der Waals surface area contributed by atoms with Gasteiger partial charge in [-0.15, -0.1) is 0 Å². The van der Waals surface area contributed by atoms with Crippen molar-refractivity contribution in [1.82, 2.24) is 26.2 Å². The van der Waals surface area contributed by atoms with E-state index in [1.807, 2.05) is 42.5 Å². The van der Waals surface area contributed by atoms with Gasteiger partial charge < -0.3 is 54.6 Å². The molecule has 18 heteroatoms. The maximum atomic E-state index is 13.4. The summed E-state index contributed by atoms with van der Waals surface area (Å²) in [7, 11) is 2.46. The average molecular weight is 952 g/mol. The molecule has 4 rings (SSSR count). The van der Waals surface area contributed by atoms with Gasteiger partial charge in [0.15, 0.2) is 13.2 Å². The summed E-state index contributed by atoms with van der Waals surface area (Å²) in [6, 6.07) is 16.2. The Morgan fingerprint density at radius 3 is 1.62 bits per heavy atom. The van der Waals surface area contributed by atoms with Gasteiger partial charge in [0.1, 0.15) is 17.2 Å². The number of hydrogen-bond acceptors (Lipinski definition) is 13. The molecule has 1 fully saturated rings. The van der Waals surface area contributed by atoms with Gasteiger partial charge >= 0.3 is 36.3 Å². The molecule has 5 amide bonds. The molecular weight excluding hydrogens is 891 g/mol. The van der Waals surface area contributed by atoms with Gasteiger partial charge in [-0.1, -0.05) is 72.2 Å². The summed E-state index contributed by atoms with van der Waals surface area (Å²) in [6.45, 7) is 12.5. The smallest absolute Gasteiger partial charge is 0.408 e. The summed E-state index contributed by atoms with van der Waals surface area (Å²) in [5.41, 5.74) is 3.61. The van der Waals surface area contributed by atoms with E-state index < -0.39 is 59.6 Å². The number of hydrogen-bond donors (Lipinski definition) is 4. The zero-order chi connectivity index (χ0) is 50.7. The van der Waals surface area contributed by atoms with Crippen LogP contribution < -0.4 is 21.3 Å². The molecule has 0 aromatic heterocycles. The van der Waals surface area contributed by atoms with Crippen LogP contribution in [-0.2, 0) is 64.1 Å². The number of nitrogens with one attached hydrogen (secondary N) is 4. The van der Waals surface area contributed by atoms with Gasteiger partial charge in [0.05, 0.1) is 25.8 Å². The zero-order valence-corrected chi connectivity index (χ0v) is 40.5. The molecule has 69 heavy (non-hydrogen) atoms. The molecule has 3 aromatic carbocycles. The molecular formula is C51H61N5O13. The number of alkyl carbamates (subject to hydrolysis) is 4. The predicted octanol–water partition coefficient (Wildman–Crippen LogP) is 5.96. The Morgan fingerprint density at radius 1 is 0.652 bits per heavy atom. The Hall–Kier alpha value is -7.73. The number of likely N-dealkylation sites (tertiary alicyclic amines) is 1. The van der Waals surface area contributed by atoms with Crippen molar-refractivity contribution in [3.05, 3.63) is 105 Å². The predicted molar refractivity (Wildman–Crippen MR) is 252 cm³/mol. The molecule has 0 aliphatic carbocycles. The number of amides is 5. The quantitative estimate of drug-likeness (QED) is 0.0832. The average Bonchev–Trinajstić information content (AvgIpc) is 3.72. The molecule has 3 aromatic rings. The molecule has 2 atom stereocenters. The fraction of sp³-hybridized carbons (Fsp3) is 0.431. The Kier molecular flexibility index (Phi) is 19.8. The van der Waals surface area contributed by atoms with E-state index in [2.05, 4.69) is 44.9 Å². The van der Waals surface area contributed by atoms with Crippen LogP contribution in [0.4, 0.5) is 19.2 Å². The van der Waals surface area contributed by atoms with Gasteiger partial charge in [-0.25, -0.2) is 28.8 Å². The first-order valence-corrected chi connectivity index (χ1v) is 22.1. The lowest BCUT2D eigenvalue weighted by Crippen LogP contribution is -2.42. The van der Waals surface area contributed by atoms with Crippen molar-refractivity contribution in [2.24, 2.45) is 0 Å². The lowest BCUT2D eigenvalue weighted by Gasteiger charge is -2.22. The molecule has 0 bridgehead atoms. The molecule has 2 unspecified atom stereocenters. The highest BCUT2D eigenvalue weighted by molar-refractivity contribution is 5.90. The molecule has 0 radical (unpaired) electrons. The molecule has 0 spiro atoms. The third kappa shape index (κ3) is 18.8. The molecule has 1 aliphatic rings. The van der Waals surface area contributed by atoms with Crippen LogP contribution in [-0.4, -0.2) is 104 Å². The first kappa shape index (κ1) is 53.9. The Balaban J connectivity index is 1.28. The maximum absolute atomic E-state index is 13.4.